The Balaban J connectivity index is 2.49. The number of rotatable bonds is 2. The van der Waals surface area contributed by atoms with Crippen molar-refractivity contribution in [1.82, 2.24) is 0 Å². The van der Waals surface area contributed by atoms with Gasteiger partial charge in [-0.2, -0.15) is 0 Å². The van der Waals surface area contributed by atoms with Gasteiger partial charge in [-0.1, -0.05) is 12.1 Å². The first-order chi connectivity index (χ1) is 7.09. The molecule has 1 aromatic carbocycles. The Labute approximate surface area is 90.0 Å². The highest BCUT2D eigenvalue weighted by molar-refractivity contribution is 6.49. The minimum Gasteiger partial charge on any atom is -0.542 e. The summed E-state index contributed by atoms with van der Waals surface area (Å²) in [5.74, 6) is 1.32. The van der Waals surface area contributed by atoms with Crippen molar-refractivity contribution < 1.29 is 4.43 Å². The third kappa shape index (κ3) is 1.66. The Kier molecular flexibility index (Phi) is 2.32. The van der Waals surface area contributed by atoms with Gasteiger partial charge in [0.05, 0.1) is 5.56 Å². The number of nitrogens with one attached hydrogen (secondary N) is 1. The monoisotopic (exact) mass is 218 g/mol. The average molecular weight is 218 g/mol. The van der Waals surface area contributed by atoms with Gasteiger partial charge in [0, 0.05) is 5.56 Å². The smallest absolute Gasteiger partial charge is 0.274 e. The van der Waals surface area contributed by atoms with Crippen molar-refractivity contribution in [2.75, 3.05) is 0 Å². The number of fused-ring (bicyclic) bond motifs is 1. The normalized spacial score (nSPS) is 14.1. The molecule has 0 spiro atoms. The molecule has 4 nitrogen and oxygen atoms in total. The van der Waals surface area contributed by atoms with E-state index >= 15 is 0 Å². The maximum atomic E-state index is 7.71. The van der Waals surface area contributed by atoms with Crippen LogP contribution in [0.15, 0.2) is 23.2 Å². The zero-order valence-electron chi connectivity index (χ0n) is 8.66. The lowest BCUT2D eigenvalue weighted by atomic mass is 10.1. The lowest BCUT2D eigenvalue weighted by molar-refractivity contribution is 0.579. The van der Waals surface area contributed by atoms with E-state index in [0.29, 0.717) is 5.84 Å². The molecule has 0 unspecified atom stereocenters. The van der Waals surface area contributed by atoms with Crippen molar-refractivity contribution in [2.45, 2.75) is 13.1 Å². The molecule has 3 N–H and O–H groups in total. The predicted octanol–water partition coefficient (Wildman–Crippen LogP) is 1.36. The largest absolute Gasteiger partial charge is 0.542 e. The third-order valence-electron chi connectivity index (χ3n) is 2.09. The van der Waals surface area contributed by atoms with Crippen LogP contribution in [-0.2, 0) is 0 Å². The second-order valence-corrected chi connectivity index (χ2v) is 5.56. The molecule has 0 amide bonds. The van der Waals surface area contributed by atoms with E-state index in [9.17, 15) is 0 Å². The quantitative estimate of drug-likeness (QED) is 0.736. The Morgan fingerprint density at radius 3 is 2.80 bits per heavy atom. The summed E-state index contributed by atoms with van der Waals surface area (Å²) >= 11 is 0. The van der Waals surface area contributed by atoms with Crippen LogP contribution < -0.4 is 10.2 Å². The number of amidine groups is 2. The summed E-state index contributed by atoms with van der Waals surface area (Å²) in [6, 6.07) is 5.60. The Morgan fingerprint density at radius 2 is 2.13 bits per heavy atom. The van der Waals surface area contributed by atoms with Crippen LogP contribution in [0.25, 0.3) is 0 Å². The fourth-order valence-electron chi connectivity index (χ4n) is 1.53. The Morgan fingerprint density at radius 1 is 1.40 bits per heavy atom. The molecule has 0 aliphatic carbocycles. The molecule has 0 aromatic heterocycles. The molecular formula is C10H12N3OSi. The zero-order chi connectivity index (χ0) is 11.0. The molecular weight excluding hydrogens is 206 g/mol. The first-order valence-electron chi connectivity index (χ1n) is 4.64. The van der Waals surface area contributed by atoms with Crippen molar-refractivity contribution in [3.63, 3.8) is 0 Å². The number of aliphatic imine (C=N–C) groups is 1. The Hall–Kier alpha value is -1.62. The van der Waals surface area contributed by atoms with E-state index in [1.54, 1.807) is 0 Å². The molecule has 0 saturated carbocycles. The molecule has 15 heavy (non-hydrogen) atoms. The number of nitrogens with two attached hydrogens (primary N) is 1. The van der Waals surface area contributed by atoms with E-state index in [1.165, 1.54) is 0 Å². The SMILES string of the molecule is C[Si](C)Oc1cccc2c1C(=N)N=C2N. The van der Waals surface area contributed by atoms with Crippen LogP contribution in [0.1, 0.15) is 11.1 Å². The second kappa shape index (κ2) is 3.51. The summed E-state index contributed by atoms with van der Waals surface area (Å²) in [4.78, 5) is 3.93. The molecule has 0 atom stereocenters. The molecule has 0 bridgehead atoms. The highest BCUT2D eigenvalue weighted by Gasteiger charge is 2.22. The van der Waals surface area contributed by atoms with Crippen LogP contribution in [0.5, 0.6) is 5.75 Å². The maximum absolute atomic E-state index is 7.71. The third-order valence-corrected chi connectivity index (χ3v) is 2.71. The van der Waals surface area contributed by atoms with Gasteiger partial charge in [-0.25, -0.2) is 4.99 Å². The van der Waals surface area contributed by atoms with Gasteiger partial charge in [0.15, 0.2) is 5.84 Å². The van der Waals surface area contributed by atoms with Gasteiger partial charge in [-0.15, -0.1) is 0 Å². The van der Waals surface area contributed by atoms with Gasteiger partial charge in [-0.05, 0) is 19.2 Å². The fourth-order valence-corrected chi connectivity index (χ4v) is 2.14. The van der Waals surface area contributed by atoms with Crippen molar-refractivity contribution >= 4 is 20.7 Å². The number of hydrogen-bond donors (Lipinski definition) is 2. The molecule has 1 aromatic rings. The summed E-state index contributed by atoms with van der Waals surface area (Å²) in [7, 11) is -0.837. The van der Waals surface area contributed by atoms with E-state index in [1.807, 2.05) is 31.3 Å². The number of nitrogens with zero attached hydrogens (tertiary/aromatic N) is 1. The van der Waals surface area contributed by atoms with Crippen LogP contribution in [0.2, 0.25) is 13.1 Å². The first-order valence-corrected chi connectivity index (χ1v) is 7.05. The van der Waals surface area contributed by atoms with E-state index in [4.69, 9.17) is 15.6 Å². The van der Waals surface area contributed by atoms with Gasteiger partial charge in [0.25, 0.3) is 9.04 Å². The molecule has 1 aliphatic heterocycles. The van der Waals surface area contributed by atoms with Crippen LogP contribution in [-0.4, -0.2) is 20.7 Å². The maximum Gasteiger partial charge on any atom is 0.274 e. The van der Waals surface area contributed by atoms with Crippen LogP contribution >= 0.6 is 0 Å². The minimum atomic E-state index is -0.837. The molecule has 1 aliphatic rings. The van der Waals surface area contributed by atoms with Gasteiger partial charge in [-0.3, -0.25) is 5.41 Å². The van der Waals surface area contributed by atoms with Crippen molar-refractivity contribution in [3.8, 4) is 5.75 Å². The molecule has 5 heteroatoms. The molecule has 2 rings (SSSR count). The standard InChI is InChI=1S/C10H12N3OSi/c1-15(2)14-7-5-3-4-6-8(7)10(12)13-9(6)11/h3-5H,1-2H3,(H3,11,12,13). The molecule has 1 heterocycles. The van der Waals surface area contributed by atoms with Crippen molar-refractivity contribution in [2.24, 2.45) is 10.7 Å². The predicted molar refractivity (Wildman–Crippen MR) is 62.1 cm³/mol. The lowest BCUT2D eigenvalue weighted by Gasteiger charge is -2.12. The van der Waals surface area contributed by atoms with Crippen LogP contribution in [0, 0.1) is 5.41 Å². The van der Waals surface area contributed by atoms with E-state index < -0.39 is 9.04 Å². The first kappa shape index (κ1) is 9.91. The van der Waals surface area contributed by atoms with Gasteiger partial charge in [0.2, 0.25) is 0 Å². The summed E-state index contributed by atoms with van der Waals surface area (Å²) in [6.07, 6.45) is 0. The van der Waals surface area contributed by atoms with Gasteiger partial charge < -0.3 is 10.2 Å². The lowest BCUT2D eigenvalue weighted by Crippen LogP contribution is -2.15. The van der Waals surface area contributed by atoms with Gasteiger partial charge >= 0.3 is 0 Å². The zero-order valence-corrected chi connectivity index (χ0v) is 9.66. The average Bonchev–Trinajstić information content (AvgIpc) is 2.43. The molecule has 0 saturated heterocycles. The topological polar surface area (TPSA) is 71.5 Å². The van der Waals surface area contributed by atoms with E-state index in [2.05, 4.69) is 4.99 Å². The van der Waals surface area contributed by atoms with Crippen molar-refractivity contribution in [1.29, 1.82) is 5.41 Å². The summed E-state index contributed by atoms with van der Waals surface area (Å²) in [5, 5.41) is 7.71. The minimum absolute atomic E-state index is 0.196. The van der Waals surface area contributed by atoms with Gasteiger partial charge in [0.1, 0.15) is 11.6 Å². The highest BCUT2D eigenvalue weighted by atomic mass is 28.3. The van der Waals surface area contributed by atoms with E-state index in [0.717, 1.165) is 16.9 Å². The van der Waals surface area contributed by atoms with Crippen LogP contribution in [0.4, 0.5) is 0 Å². The molecule has 0 fully saturated rings. The number of hydrogen-bond acceptors (Lipinski definition) is 3. The fraction of sp³-hybridized carbons (Fsp3) is 0.200. The van der Waals surface area contributed by atoms with Crippen LogP contribution in [0.3, 0.4) is 0 Å². The van der Waals surface area contributed by atoms with E-state index in [-0.39, 0.29) is 5.84 Å². The number of benzene rings is 1. The summed E-state index contributed by atoms with van der Waals surface area (Å²) in [5.41, 5.74) is 7.23. The highest BCUT2D eigenvalue weighted by Crippen LogP contribution is 2.27. The summed E-state index contributed by atoms with van der Waals surface area (Å²) in [6.45, 7) is 4.10. The summed E-state index contributed by atoms with van der Waals surface area (Å²) < 4.78 is 5.71. The second-order valence-electron chi connectivity index (χ2n) is 3.53. The molecule has 1 radical (unpaired) electrons. The Bertz CT molecular complexity index is 454. The molecule has 77 valence electrons. The van der Waals surface area contributed by atoms with Crippen molar-refractivity contribution in [3.05, 3.63) is 29.3 Å².